The Morgan fingerprint density at radius 2 is 2.21 bits per heavy atom. The average Bonchev–Trinajstić information content (AvgIpc) is 2.38. The molecule has 4 nitrogen and oxygen atoms in total. The lowest BCUT2D eigenvalue weighted by molar-refractivity contribution is 0.786. The van der Waals surface area contributed by atoms with E-state index in [2.05, 4.69) is 16.2 Å². The fourth-order valence-electron chi connectivity index (χ4n) is 2.24. The molecule has 0 saturated carbocycles. The minimum Gasteiger partial charge on any atom is -0.399 e. The molecule has 94 valence electrons. The molecule has 0 aliphatic carbocycles. The van der Waals surface area contributed by atoms with Crippen LogP contribution in [0.1, 0.15) is 19.4 Å². The van der Waals surface area contributed by atoms with E-state index in [1.165, 1.54) is 0 Å². The third kappa shape index (κ3) is 2.17. The van der Waals surface area contributed by atoms with Crippen molar-refractivity contribution in [3.05, 3.63) is 58.2 Å². The first-order valence-electron chi connectivity index (χ1n) is 5.94. The number of nitrogens with zero attached hydrogens (tertiary/aromatic N) is 2. The molecule has 0 radical (unpaired) electrons. The maximum absolute atomic E-state index is 9.15. The van der Waals surface area contributed by atoms with Gasteiger partial charge >= 0.3 is 0 Å². The fourth-order valence-corrected chi connectivity index (χ4v) is 2.24. The molecule has 0 bridgehead atoms. The lowest BCUT2D eigenvalue weighted by Crippen LogP contribution is -2.23. The number of nitrogen functional groups attached to an aromatic ring is 1. The first-order valence-corrected chi connectivity index (χ1v) is 5.94. The third-order valence-electron chi connectivity index (χ3n) is 3.23. The highest BCUT2D eigenvalue weighted by molar-refractivity contribution is 5.75. The van der Waals surface area contributed by atoms with Crippen LogP contribution >= 0.6 is 0 Å². The van der Waals surface area contributed by atoms with Crippen LogP contribution in [0.2, 0.25) is 0 Å². The van der Waals surface area contributed by atoms with Crippen molar-refractivity contribution >= 4 is 11.4 Å². The minimum absolute atomic E-state index is 0.194. The van der Waals surface area contributed by atoms with Crippen LogP contribution < -0.4 is 11.1 Å². The second-order valence-electron chi connectivity index (χ2n) is 4.49. The quantitative estimate of drug-likeness (QED) is 0.595. The maximum Gasteiger partial charge on any atom is 0.196 e. The van der Waals surface area contributed by atoms with Gasteiger partial charge in [-0.3, -0.25) is 0 Å². The van der Waals surface area contributed by atoms with Gasteiger partial charge in [0.1, 0.15) is 0 Å². The number of hydrogen-bond acceptors (Lipinski definition) is 3. The Balaban J connectivity index is 2.57. The van der Waals surface area contributed by atoms with Crippen molar-refractivity contribution in [3.63, 3.8) is 0 Å². The second kappa shape index (κ2) is 4.88. The van der Waals surface area contributed by atoms with E-state index in [9.17, 15) is 0 Å². The van der Waals surface area contributed by atoms with Crippen LogP contribution in [0, 0.1) is 23.8 Å². The number of rotatable bonds is 1. The number of dihydropyridines is 1. The van der Waals surface area contributed by atoms with Crippen LogP contribution in [0.15, 0.2) is 41.2 Å². The van der Waals surface area contributed by atoms with E-state index in [0.29, 0.717) is 17.0 Å². The van der Waals surface area contributed by atoms with Crippen molar-refractivity contribution in [3.8, 4) is 6.07 Å². The molecular formula is C15H14N4. The number of nitrogens with one attached hydrogen (secondary N) is 1. The molecule has 3 N–H and O–H groups in total. The van der Waals surface area contributed by atoms with Gasteiger partial charge in [0.15, 0.2) is 5.70 Å². The fraction of sp³-hybridized carbons (Fsp3) is 0.200. The average molecular weight is 250 g/mol. The number of benzene rings is 1. The number of nitrogens with two attached hydrogens (primary N) is 1. The Bertz CT molecular complexity index is 668. The molecule has 4 heteroatoms. The summed E-state index contributed by atoms with van der Waals surface area (Å²) in [5, 5.41) is 12.3. The normalized spacial score (nSPS) is 18.6. The molecule has 0 amide bonds. The zero-order valence-electron chi connectivity index (χ0n) is 10.9. The van der Waals surface area contributed by atoms with Crippen molar-refractivity contribution in [2.45, 2.75) is 13.8 Å². The van der Waals surface area contributed by atoms with Gasteiger partial charge in [-0.15, -0.1) is 0 Å². The molecule has 2 rings (SSSR count). The third-order valence-corrected chi connectivity index (χ3v) is 3.23. The van der Waals surface area contributed by atoms with Crippen LogP contribution in [0.25, 0.3) is 10.5 Å². The van der Waals surface area contributed by atoms with E-state index >= 15 is 0 Å². The topological polar surface area (TPSA) is 66.2 Å². The highest BCUT2D eigenvalue weighted by Crippen LogP contribution is 2.34. The van der Waals surface area contributed by atoms with Crippen molar-refractivity contribution in [2.75, 3.05) is 5.73 Å². The summed E-state index contributed by atoms with van der Waals surface area (Å²) in [4.78, 5) is 3.59. The number of anilines is 1. The van der Waals surface area contributed by atoms with E-state index in [1.54, 1.807) is 6.07 Å². The predicted molar refractivity (Wildman–Crippen MR) is 75.0 cm³/mol. The summed E-state index contributed by atoms with van der Waals surface area (Å²) in [6.07, 6.45) is 0. The van der Waals surface area contributed by atoms with Crippen LogP contribution in [0.5, 0.6) is 0 Å². The molecule has 1 aliphatic rings. The Morgan fingerprint density at radius 3 is 2.79 bits per heavy atom. The Morgan fingerprint density at radius 1 is 1.47 bits per heavy atom. The van der Waals surface area contributed by atoms with Gasteiger partial charge in [0, 0.05) is 28.6 Å². The van der Waals surface area contributed by atoms with Crippen molar-refractivity contribution in [1.29, 1.82) is 5.26 Å². The SMILES string of the molecule is [C-]#[N+]C1=C(c2cccc(N)c2)NC(C)=C(C#N)[C@H]1C. The van der Waals surface area contributed by atoms with Crippen LogP contribution in [0.3, 0.4) is 0 Å². The lowest BCUT2D eigenvalue weighted by atomic mass is 9.90. The monoisotopic (exact) mass is 250 g/mol. The van der Waals surface area contributed by atoms with Crippen LogP contribution in [0.4, 0.5) is 5.69 Å². The van der Waals surface area contributed by atoms with E-state index in [4.69, 9.17) is 17.6 Å². The van der Waals surface area contributed by atoms with Crippen molar-refractivity contribution < 1.29 is 0 Å². The molecule has 1 heterocycles. The standard InChI is InChI=1S/C15H14N4/c1-9-13(8-16)10(2)19-15(14(9)18-3)11-5-4-6-12(17)7-11/h4-7,9,19H,17H2,1-2H3/t9-/m1/s1. The molecule has 19 heavy (non-hydrogen) atoms. The Hall–Kier alpha value is -2.72. The van der Waals surface area contributed by atoms with Crippen LogP contribution in [-0.2, 0) is 0 Å². The minimum atomic E-state index is -0.194. The molecule has 0 spiro atoms. The molecule has 1 atom stereocenters. The van der Waals surface area contributed by atoms with Crippen molar-refractivity contribution in [1.82, 2.24) is 5.32 Å². The Labute approximate surface area is 112 Å². The highest BCUT2D eigenvalue weighted by Gasteiger charge is 2.26. The molecule has 1 aromatic rings. The van der Waals surface area contributed by atoms with Crippen molar-refractivity contribution in [2.24, 2.45) is 5.92 Å². The molecule has 1 aromatic carbocycles. The number of nitriles is 1. The van der Waals surface area contributed by atoms with Gasteiger partial charge in [-0.1, -0.05) is 19.1 Å². The summed E-state index contributed by atoms with van der Waals surface area (Å²) in [7, 11) is 0. The van der Waals surface area contributed by atoms with Gasteiger partial charge in [0.25, 0.3) is 0 Å². The number of hydrogen-bond donors (Lipinski definition) is 2. The van der Waals surface area contributed by atoms with E-state index in [0.717, 1.165) is 17.0 Å². The number of allylic oxidation sites excluding steroid dienone is 2. The zero-order valence-corrected chi connectivity index (χ0v) is 10.9. The molecule has 0 fully saturated rings. The van der Waals surface area contributed by atoms with Crippen LogP contribution in [-0.4, -0.2) is 0 Å². The highest BCUT2D eigenvalue weighted by atomic mass is 14.9. The van der Waals surface area contributed by atoms with E-state index < -0.39 is 0 Å². The van der Waals surface area contributed by atoms with Gasteiger partial charge in [0.2, 0.25) is 0 Å². The summed E-state index contributed by atoms with van der Waals surface area (Å²) < 4.78 is 0. The molecule has 1 aliphatic heterocycles. The van der Waals surface area contributed by atoms with E-state index in [1.807, 2.05) is 32.0 Å². The Kier molecular flexibility index (Phi) is 3.27. The second-order valence-corrected chi connectivity index (χ2v) is 4.49. The lowest BCUT2D eigenvalue weighted by Gasteiger charge is -2.25. The zero-order chi connectivity index (χ0) is 14.0. The smallest absolute Gasteiger partial charge is 0.196 e. The molecular weight excluding hydrogens is 236 g/mol. The maximum atomic E-state index is 9.15. The van der Waals surface area contributed by atoms with Gasteiger partial charge in [-0.05, 0) is 24.6 Å². The summed E-state index contributed by atoms with van der Waals surface area (Å²) in [5.41, 5.74) is 9.99. The summed E-state index contributed by atoms with van der Waals surface area (Å²) in [6.45, 7) is 11.1. The van der Waals surface area contributed by atoms with Gasteiger partial charge in [0.05, 0.1) is 12.6 Å². The van der Waals surface area contributed by atoms with Gasteiger partial charge < -0.3 is 11.1 Å². The first-order chi connectivity index (χ1) is 9.08. The summed E-state index contributed by atoms with van der Waals surface area (Å²) >= 11 is 0. The largest absolute Gasteiger partial charge is 0.399 e. The predicted octanol–water partition coefficient (Wildman–Crippen LogP) is 2.89. The molecule has 0 unspecified atom stereocenters. The summed E-state index contributed by atoms with van der Waals surface area (Å²) in [6, 6.07) is 9.55. The molecule has 0 saturated heterocycles. The van der Waals surface area contributed by atoms with Gasteiger partial charge in [-0.25, -0.2) is 4.85 Å². The van der Waals surface area contributed by atoms with E-state index in [-0.39, 0.29) is 5.92 Å². The summed E-state index contributed by atoms with van der Waals surface area (Å²) in [5.74, 6) is -0.194. The first kappa shape index (κ1) is 12.7. The van der Waals surface area contributed by atoms with Gasteiger partial charge in [-0.2, -0.15) is 5.26 Å². The molecule has 0 aromatic heterocycles.